The summed E-state index contributed by atoms with van der Waals surface area (Å²) in [7, 11) is 0. The van der Waals surface area contributed by atoms with E-state index in [0.717, 1.165) is 51.4 Å². The van der Waals surface area contributed by atoms with Gasteiger partial charge in [0, 0.05) is 92.4 Å². The molecule has 0 saturated heterocycles. The molecule has 0 spiro atoms. The van der Waals surface area contributed by atoms with Gasteiger partial charge in [-0.1, -0.05) is 52.0 Å². The van der Waals surface area contributed by atoms with Gasteiger partial charge < -0.3 is 80.2 Å². The molecule has 16 nitrogen and oxygen atoms in total. The molecule has 13 rings (SSSR count). The summed E-state index contributed by atoms with van der Waals surface area (Å²) in [5.74, 6) is -6.70. The first kappa shape index (κ1) is 65.2. The fourth-order valence-electron chi connectivity index (χ4n) is 15.7. The highest BCUT2D eigenvalue weighted by molar-refractivity contribution is 5.69. The van der Waals surface area contributed by atoms with Crippen LogP contribution in [0.15, 0.2) is 121 Å². The van der Waals surface area contributed by atoms with Crippen LogP contribution in [0.4, 0.5) is 0 Å². The van der Waals surface area contributed by atoms with Crippen LogP contribution in [0.1, 0.15) is 221 Å². The molecule has 8 aromatic carbocycles. The second-order valence-corrected chi connectivity index (χ2v) is 28.5. The van der Waals surface area contributed by atoms with Crippen LogP contribution in [-0.4, -0.2) is 85.7 Å². The van der Waals surface area contributed by atoms with Crippen LogP contribution in [0.2, 0.25) is 0 Å². The molecule has 0 aromatic heterocycles. The molecule has 8 aromatic rings. The van der Waals surface area contributed by atoms with Gasteiger partial charge in [0.1, 0.15) is 46.0 Å². The molecule has 2 atom stereocenters. The maximum Gasteiger partial charge on any atom is 0.157 e. The topological polar surface area (TPSA) is 280 Å². The fourth-order valence-corrected chi connectivity index (χ4v) is 15.7. The van der Waals surface area contributed by atoms with Crippen molar-refractivity contribution in [2.75, 3.05) is 0 Å². The minimum Gasteiger partial charge on any atom is -0.507 e. The second-order valence-electron chi connectivity index (χ2n) is 28.5. The maximum absolute atomic E-state index is 13.3. The Morgan fingerprint density at radius 3 is 0.594 bits per heavy atom. The Bertz CT molecular complexity index is 3950. The van der Waals surface area contributed by atoms with Gasteiger partial charge >= 0.3 is 0 Å². The highest BCUT2D eigenvalue weighted by Gasteiger charge is 2.39. The van der Waals surface area contributed by atoms with Crippen LogP contribution >= 0.6 is 0 Å². The van der Waals surface area contributed by atoms with Gasteiger partial charge in [-0.3, -0.25) is 0 Å². The summed E-state index contributed by atoms with van der Waals surface area (Å²) in [6.07, 6.45) is 11.1. The lowest BCUT2D eigenvalue weighted by atomic mass is 9.75. The van der Waals surface area contributed by atoms with Crippen LogP contribution in [0.5, 0.6) is 92.0 Å². The fraction of sp³-hybridized carbons (Fsp3) is 0.400. The van der Waals surface area contributed by atoms with Gasteiger partial charge in [0.25, 0.3) is 0 Å². The highest BCUT2D eigenvalue weighted by atomic mass is 16.5. The summed E-state index contributed by atoms with van der Waals surface area (Å²) in [6.45, 7) is 8.81. The summed E-state index contributed by atoms with van der Waals surface area (Å²) in [4.78, 5) is 0. The molecular weight excluding hydrogens is 1220 g/mol. The van der Waals surface area contributed by atoms with E-state index in [1.165, 1.54) is 60.7 Å². The molecule has 16 heteroatoms. The summed E-state index contributed by atoms with van der Waals surface area (Å²) < 4.78 is 28.9. The quantitative estimate of drug-likeness (QED) is 0.0507. The van der Waals surface area contributed by atoms with Crippen molar-refractivity contribution in [3.63, 3.8) is 0 Å². The van der Waals surface area contributed by atoms with E-state index in [0.29, 0.717) is 114 Å². The Balaban J connectivity index is 1.21. The number of rotatable bonds is 12. The lowest BCUT2D eigenvalue weighted by Crippen LogP contribution is -2.25. The monoisotopic (exact) mass is 1300 g/mol. The van der Waals surface area contributed by atoms with E-state index in [9.17, 15) is 61.3 Å². The Morgan fingerprint density at radius 2 is 0.396 bits per heavy atom. The van der Waals surface area contributed by atoms with Gasteiger partial charge in [-0.15, -0.1) is 0 Å². The molecule has 0 amide bonds. The van der Waals surface area contributed by atoms with Crippen molar-refractivity contribution in [3.05, 3.63) is 188 Å². The largest absolute Gasteiger partial charge is 0.507 e. The van der Waals surface area contributed by atoms with E-state index in [-0.39, 0.29) is 98.2 Å². The summed E-state index contributed by atoms with van der Waals surface area (Å²) >= 11 is 0. The number of aromatic hydroxyl groups is 12. The van der Waals surface area contributed by atoms with Crippen LogP contribution in [-0.2, 0) is 0 Å². The van der Waals surface area contributed by atoms with Crippen LogP contribution < -0.4 is 18.9 Å². The van der Waals surface area contributed by atoms with E-state index in [2.05, 4.69) is 27.7 Å². The van der Waals surface area contributed by atoms with Gasteiger partial charge in [0.2, 0.25) is 0 Å². The van der Waals surface area contributed by atoms with Gasteiger partial charge in [-0.25, -0.2) is 0 Å². The number of phenolic OH excluding ortho intramolecular Hbond substituents is 12. The molecule has 5 aliphatic rings. The Morgan fingerprint density at radius 1 is 0.208 bits per heavy atom. The average molecular weight is 1310 g/mol. The molecular formula is C80H88O16. The van der Waals surface area contributed by atoms with Crippen molar-refractivity contribution in [2.24, 2.45) is 23.7 Å². The molecule has 0 heterocycles. The molecule has 0 radical (unpaired) electrons. The predicted octanol–water partition coefficient (Wildman–Crippen LogP) is 17.0. The van der Waals surface area contributed by atoms with Gasteiger partial charge in [-0.05, 0) is 221 Å². The smallest absolute Gasteiger partial charge is 0.157 e. The van der Waals surface area contributed by atoms with Crippen LogP contribution in [0.25, 0.3) is 0 Å². The number of benzene rings is 8. The average Bonchev–Trinajstić information content (AvgIpc) is 0.740. The molecule has 4 fully saturated rings. The minimum absolute atomic E-state index is 0.141. The third-order valence-corrected chi connectivity index (χ3v) is 21.5. The molecule has 5 aliphatic carbocycles. The number of hydrogen-bond acceptors (Lipinski definition) is 16. The van der Waals surface area contributed by atoms with Gasteiger partial charge in [0.15, 0.2) is 46.0 Å². The van der Waals surface area contributed by atoms with Gasteiger partial charge in [-0.2, -0.15) is 0 Å². The third kappa shape index (κ3) is 13.3. The molecule has 0 aliphatic heterocycles. The van der Waals surface area contributed by atoms with Crippen molar-refractivity contribution in [2.45, 2.75) is 179 Å². The van der Waals surface area contributed by atoms with Crippen LogP contribution in [0.3, 0.4) is 0 Å². The van der Waals surface area contributed by atoms with E-state index in [1.807, 2.05) is 12.1 Å². The minimum atomic E-state index is -1.26. The molecule has 4 saturated carbocycles. The first-order valence-electron chi connectivity index (χ1n) is 34.3. The number of phenols is 12. The zero-order valence-corrected chi connectivity index (χ0v) is 54.8. The standard InChI is InChI=1S/C80H88O16/c1-41-5-17-49(18-6-41)93-73-37-65(85)53-33-57(73)78(46-14-26-62(82)70(90)30-46)55-35-59(75(39-67(55)87)95-51-21-9-43(3)10-22-51)80(48-16-28-64(84)72(92)32-48)60-36-56(68(88)40-76(60)96-52-23-11-44(4)12-24-52)79(47-15-27-63(83)71(91)31-47)58-34-54(77(53)45-13-25-61(81)69(89)29-45)66(86)38-74(58)94-50-19-7-42(2)8-20-50/h13-16,25-44,49-52,77-92H,5-12,17-24H2,1-4H3. The van der Waals surface area contributed by atoms with Gasteiger partial charge in [0.05, 0.1) is 24.4 Å². The van der Waals surface area contributed by atoms with Crippen LogP contribution in [0, 0.1) is 23.7 Å². The zero-order valence-electron chi connectivity index (χ0n) is 54.8. The van der Waals surface area contributed by atoms with E-state index in [1.54, 1.807) is 48.5 Å². The molecule has 8 bridgehead atoms. The first-order valence-corrected chi connectivity index (χ1v) is 34.3. The Hall–Kier alpha value is -9.44. The maximum atomic E-state index is 13.3. The van der Waals surface area contributed by atoms with Crippen molar-refractivity contribution >= 4 is 0 Å². The predicted molar refractivity (Wildman–Crippen MR) is 363 cm³/mol. The summed E-state index contributed by atoms with van der Waals surface area (Å²) in [6, 6.07) is 30.8. The van der Waals surface area contributed by atoms with Crippen molar-refractivity contribution < 1.29 is 80.2 Å². The Kier molecular flexibility index (Phi) is 18.3. The lowest BCUT2D eigenvalue weighted by Gasteiger charge is -2.34. The summed E-state index contributed by atoms with van der Waals surface area (Å²) in [5, 5.41) is 144. The molecule has 96 heavy (non-hydrogen) atoms. The highest BCUT2D eigenvalue weighted by Crippen LogP contribution is 2.57. The van der Waals surface area contributed by atoms with E-state index in [4.69, 9.17) is 18.9 Å². The SMILES string of the molecule is CC1CCC(Oc2cc(O)c3cc2C(c2ccc(O)c(O)c2)c2cc(c(OC4CCC(C)CC4)cc2O)C(c2ccc(O)c(O)c2)c2cc(c(O)cc2OC2CCC(C)CC2)C(c2ccc(O)c(O)c2)c2cc(c(O)cc2OC2CCC(C)CC2)C3c2ccc(O)c(O)c2)CC1. The normalized spacial score (nSPS) is 25.1. The first-order chi connectivity index (χ1) is 46.1. The molecule has 504 valence electrons. The van der Waals surface area contributed by atoms with Crippen molar-refractivity contribution in [3.8, 4) is 92.0 Å². The van der Waals surface area contributed by atoms with Crippen molar-refractivity contribution in [1.29, 1.82) is 0 Å². The lowest BCUT2D eigenvalue weighted by molar-refractivity contribution is 0.132. The second kappa shape index (κ2) is 27.0. The number of fused-ring (bicyclic) bond motifs is 8. The van der Waals surface area contributed by atoms with Crippen molar-refractivity contribution in [1.82, 2.24) is 0 Å². The third-order valence-electron chi connectivity index (χ3n) is 21.5. The van der Waals surface area contributed by atoms with E-state index < -0.39 is 69.7 Å². The zero-order chi connectivity index (χ0) is 67.4. The number of hydrogen-bond donors (Lipinski definition) is 12. The molecule has 12 N–H and O–H groups in total. The Labute approximate surface area is 559 Å². The summed E-state index contributed by atoms with van der Waals surface area (Å²) in [5.41, 5.74) is 3.72. The number of ether oxygens (including phenoxy) is 4. The molecule has 2 unspecified atom stereocenters. The van der Waals surface area contributed by atoms with E-state index >= 15 is 0 Å².